The number of morpholine rings is 1. The maximum atomic E-state index is 14.1. The number of pyridine rings is 1. The van der Waals surface area contributed by atoms with Crippen molar-refractivity contribution in [2.24, 2.45) is 4.99 Å². The number of imidazole rings is 1. The molecule has 0 aliphatic carbocycles. The molecule has 5 rings (SSSR count). The number of alkyl halides is 3. The lowest BCUT2D eigenvalue weighted by Crippen LogP contribution is -2.37. The first-order chi connectivity index (χ1) is 18.7. The van der Waals surface area contributed by atoms with Crippen LogP contribution in [0.2, 0.25) is 0 Å². The first-order valence-corrected chi connectivity index (χ1v) is 12.1. The summed E-state index contributed by atoms with van der Waals surface area (Å²) >= 11 is 0. The van der Waals surface area contributed by atoms with E-state index in [1.807, 2.05) is 0 Å². The molecule has 4 heterocycles. The number of anilines is 3. The molecule has 0 radical (unpaired) electrons. The van der Waals surface area contributed by atoms with Gasteiger partial charge in [0.05, 0.1) is 58.6 Å². The number of hydrogen-bond donors (Lipinski definition) is 4. The van der Waals surface area contributed by atoms with Crippen molar-refractivity contribution in [2.45, 2.75) is 19.1 Å². The van der Waals surface area contributed by atoms with Crippen LogP contribution in [0.5, 0.6) is 0 Å². The van der Waals surface area contributed by atoms with E-state index < -0.39 is 23.3 Å². The number of benzene rings is 1. The summed E-state index contributed by atoms with van der Waals surface area (Å²) in [6.07, 6.45) is -0.0330. The van der Waals surface area contributed by atoms with Crippen LogP contribution in [0, 0.1) is 0 Å². The smallest absolute Gasteiger partial charge is 0.395 e. The van der Waals surface area contributed by atoms with Crippen LogP contribution in [0.3, 0.4) is 0 Å². The van der Waals surface area contributed by atoms with E-state index >= 15 is 0 Å². The third-order valence-electron chi connectivity index (χ3n) is 6.37. The normalized spacial score (nSPS) is 15.3. The number of halogens is 3. The Labute approximate surface area is 220 Å². The van der Waals surface area contributed by atoms with Crippen molar-refractivity contribution in [2.75, 3.05) is 49.3 Å². The van der Waals surface area contributed by atoms with Crippen LogP contribution < -0.4 is 21.5 Å². The zero-order chi connectivity index (χ0) is 27.7. The minimum atomic E-state index is -4.60. The fourth-order valence-electron chi connectivity index (χ4n) is 4.51. The van der Waals surface area contributed by atoms with Crippen molar-refractivity contribution < 1.29 is 17.9 Å². The first-order valence-electron chi connectivity index (χ1n) is 12.1. The standard InChI is InChI=1S/C25H26F3N9O2/c1-13(22-31-4-3-5-32-22)33-21-19(24(38)36-17(12-30-2)20(21)29)23-34-15-10-14(25(26,27)28)18(11-16(15)35-23)37-6-8-39-9-7-37/h3-5,10-13H,6-9,29H2,1-2H3,(H,34,35)(H2,33,36,38). The molecule has 0 amide bonds. The van der Waals surface area contributed by atoms with E-state index in [2.05, 4.69) is 35.2 Å². The summed E-state index contributed by atoms with van der Waals surface area (Å²) in [5.74, 6) is 0.497. The third kappa shape index (κ3) is 5.14. The molecule has 11 nitrogen and oxygen atoms in total. The van der Waals surface area contributed by atoms with Gasteiger partial charge in [-0.05, 0) is 25.1 Å². The van der Waals surface area contributed by atoms with Crippen LogP contribution in [0.25, 0.3) is 22.4 Å². The lowest BCUT2D eigenvalue weighted by molar-refractivity contribution is -0.137. The maximum Gasteiger partial charge on any atom is 0.418 e. The molecule has 4 aromatic rings. The Balaban J connectivity index is 1.67. The van der Waals surface area contributed by atoms with Gasteiger partial charge in [-0.15, -0.1) is 0 Å². The van der Waals surface area contributed by atoms with Crippen molar-refractivity contribution in [3.8, 4) is 11.4 Å². The first kappa shape index (κ1) is 26.2. The number of nitrogen functional groups attached to an aromatic ring is 1. The Morgan fingerprint density at radius 1 is 1.21 bits per heavy atom. The Morgan fingerprint density at radius 2 is 1.92 bits per heavy atom. The minimum Gasteiger partial charge on any atom is -0.395 e. The zero-order valence-electron chi connectivity index (χ0n) is 21.1. The lowest BCUT2D eigenvalue weighted by atomic mass is 10.1. The number of rotatable bonds is 6. The molecular weight excluding hydrogens is 515 g/mol. The summed E-state index contributed by atoms with van der Waals surface area (Å²) in [7, 11) is 1.53. The SMILES string of the molecule is CN=Cc1[nH]c(=O)c(-c2nc3cc(N4CCOCC4)c(C(F)(F)F)cc3[nH]2)c(NC(C)c2ncccn2)c1N. The van der Waals surface area contributed by atoms with Crippen LogP contribution in [-0.4, -0.2) is 64.5 Å². The van der Waals surface area contributed by atoms with Crippen molar-refractivity contribution >= 4 is 34.3 Å². The number of nitrogens with two attached hydrogens (primary N) is 1. The predicted molar refractivity (Wildman–Crippen MR) is 142 cm³/mol. The van der Waals surface area contributed by atoms with E-state index in [0.29, 0.717) is 32.1 Å². The molecule has 14 heteroatoms. The highest BCUT2D eigenvalue weighted by atomic mass is 19.4. The van der Waals surface area contributed by atoms with E-state index in [0.717, 1.165) is 6.07 Å². The molecule has 5 N–H and O–H groups in total. The van der Waals surface area contributed by atoms with Crippen LogP contribution in [0.1, 0.15) is 30.0 Å². The minimum absolute atomic E-state index is 0.00692. The second kappa shape index (κ2) is 10.4. The number of aromatic nitrogens is 5. The molecule has 1 fully saturated rings. The second-order valence-electron chi connectivity index (χ2n) is 8.96. The van der Waals surface area contributed by atoms with Gasteiger partial charge in [-0.25, -0.2) is 15.0 Å². The molecule has 1 aliphatic rings. The topological polar surface area (TPSA) is 150 Å². The Bertz CT molecular complexity index is 1580. The predicted octanol–water partition coefficient (Wildman–Crippen LogP) is 3.37. The maximum absolute atomic E-state index is 14.1. The highest BCUT2D eigenvalue weighted by Crippen LogP contribution is 2.40. The molecule has 1 saturated heterocycles. The van der Waals surface area contributed by atoms with Crippen molar-refractivity contribution in [1.82, 2.24) is 24.9 Å². The molecule has 0 saturated carbocycles. The molecule has 39 heavy (non-hydrogen) atoms. The molecule has 1 aliphatic heterocycles. The number of nitrogens with zero attached hydrogens (tertiary/aromatic N) is 5. The van der Waals surface area contributed by atoms with Gasteiger partial charge in [-0.3, -0.25) is 9.79 Å². The van der Waals surface area contributed by atoms with Gasteiger partial charge in [0.2, 0.25) is 0 Å². The number of fused-ring (bicyclic) bond motifs is 1. The van der Waals surface area contributed by atoms with Crippen LogP contribution in [0.4, 0.5) is 30.2 Å². The quantitative estimate of drug-likeness (QED) is 0.272. The Kier molecular flexibility index (Phi) is 6.95. The van der Waals surface area contributed by atoms with Crippen LogP contribution in [-0.2, 0) is 10.9 Å². The van der Waals surface area contributed by atoms with Gasteiger partial charge in [0.15, 0.2) is 0 Å². The van der Waals surface area contributed by atoms with Crippen LogP contribution in [0.15, 0.2) is 40.4 Å². The Morgan fingerprint density at radius 3 is 2.59 bits per heavy atom. The number of aromatic amines is 2. The number of hydrogen-bond acceptors (Lipinski definition) is 9. The summed E-state index contributed by atoms with van der Waals surface area (Å²) in [6.45, 7) is 3.06. The summed E-state index contributed by atoms with van der Waals surface area (Å²) in [5, 5.41) is 3.18. The van der Waals surface area contributed by atoms with Gasteiger partial charge in [0.25, 0.3) is 5.56 Å². The number of H-pyrrole nitrogens is 2. The Hall–Kier alpha value is -4.46. The average molecular weight is 542 g/mol. The third-order valence-corrected chi connectivity index (χ3v) is 6.37. The molecular formula is C25H26F3N9O2. The van der Waals surface area contributed by atoms with E-state index in [-0.39, 0.29) is 45.2 Å². The van der Waals surface area contributed by atoms with Gasteiger partial charge in [-0.1, -0.05) is 0 Å². The summed E-state index contributed by atoms with van der Waals surface area (Å²) in [6, 6.07) is 3.59. The fourth-order valence-corrected chi connectivity index (χ4v) is 4.51. The number of ether oxygens (including phenoxy) is 1. The summed E-state index contributed by atoms with van der Waals surface area (Å²) < 4.78 is 47.5. The van der Waals surface area contributed by atoms with Crippen molar-refractivity contribution in [3.63, 3.8) is 0 Å². The number of aliphatic imine (C=N–C) groups is 1. The second-order valence-corrected chi connectivity index (χ2v) is 8.96. The molecule has 3 aromatic heterocycles. The van der Waals surface area contributed by atoms with E-state index in [1.54, 1.807) is 30.3 Å². The largest absolute Gasteiger partial charge is 0.418 e. The van der Waals surface area contributed by atoms with Crippen molar-refractivity contribution in [1.29, 1.82) is 0 Å². The van der Waals surface area contributed by atoms with Gasteiger partial charge in [0.1, 0.15) is 17.2 Å². The highest BCUT2D eigenvalue weighted by molar-refractivity contribution is 5.95. The van der Waals surface area contributed by atoms with E-state index in [9.17, 15) is 18.0 Å². The van der Waals surface area contributed by atoms with Gasteiger partial charge in [-0.2, -0.15) is 13.2 Å². The van der Waals surface area contributed by atoms with Crippen molar-refractivity contribution in [3.05, 3.63) is 58.0 Å². The number of nitrogens with one attached hydrogen (secondary N) is 3. The monoisotopic (exact) mass is 541 g/mol. The van der Waals surface area contributed by atoms with E-state index in [4.69, 9.17) is 10.5 Å². The fraction of sp³-hybridized carbons (Fsp3) is 0.320. The van der Waals surface area contributed by atoms with Gasteiger partial charge < -0.3 is 30.7 Å². The summed E-state index contributed by atoms with van der Waals surface area (Å²) in [5.41, 5.74) is 6.14. The molecule has 1 unspecified atom stereocenters. The molecule has 1 atom stereocenters. The molecule has 0 bridgehead atoms. The molecule has 204 valence electrons. The zero-order valence-corrected chi connectivity index (χ0v) is 21.1. The van der Waals surface area contributed by atoms with Gasteiger partial charge in [0, 0.05) is 38.7 Å². The van der Waals surface area contributed by atoms with E-state index in [1.165, 1.54) is 19.3 Å². The molecule has 1 aromatic carbocycles. The average Bonchev–Trinajstić information content (AvgIpc) is 3.34. The van der Waals surface area contributed by atoms with Crippen LogP contribution >= 0.6 is 0 Å². The lowest BCUT2D eigenvalue weighted by Gasteiger charge is -2.31. The molecule has 0 spiro atoms. The van der Waals surface area contributed by atoms with Gasteiger partial charge >= 0.3 is 6.18 Å². The highest BCUT2D eigenvalue weighted by Gasteiger charge is 2.36. The summed E-state index contributed by atoms with van der Waals surface area (Å²) in [4.78, 5) is 37.4.